The summed E-state index contributed by atoms with van der Waals surface area (Å²) in [5.41, 5.74) is 8.71. The Bertz CT molecular complexity index is 286. The molecule has 1 rings (SSSR count). The van der Waals surface area contributed by atoms with Crippen LogP contribution in [-0.4, -0.2) is 19.3 Å². The highest BCUT2D eigenvalue weighted by molar-refractivity contribution is 5.26. The molecule has 0 saturated carbocycles. The minimum atomic E-state index is 0.206. The van der Waals surface area contributed by atoms with Crippen molar-refractivity contribution < 1.29 is 4.74 Å². The lowest BCUT2D eigenvalue weighted by molar-refractivity contribution is 0.140. The van der Waals surface area contributed by atoms with E-state index in [2.05, 4.69) is 31.2 Å². The summed E-state index contributed by atoms with van der Waals surface area (Å²) in [6, 6.07) is 8.61. The molecular weight excluding hydrogens is 186 g/mol. The third-order valence-corrected chi connectivity index (χ3v) is 2.58. The standard InChI is InChI=1S/C13H21NO/c1-3-15-9-8-13(14)10-12-7-5-4-6-11(12)2/h4-7,13H,3,8-10,14H2,1-2H3. The molecule has 84 valence electrons. The first-order valence-corrected chi connectivity index (χ1v) is 5.62. The predicted octanol–water partition coefficient (Wildman–Crippen LogP) is 2.29. The normalized spacial score (nSPS) is 12.7. The summed E-state index contributed by atoms with van der Waals surface area (Å²) in [6.07, 6.45) is 1.88. The summed E-state index contributed by atoms with van der Waals surface area (Å²) in [5.74, 6) is 0. The third kappa shape index (κ3) is 4.45. The van der Waals surface area contributed by atoms with Crippen LogP contribution < -0.4 is 5.73 Å². The largest absolute Gasteiger partial charge is 0.382 e. The number of aryl methyl sites for hydroxylation is 1. The van der Waals surface area contributed by atoms with Crippen LogP contribution in [0.5, 0.6) is 0 Å². The van der Waals surface area contributed by atoms with E-state index >= 15 is 0 Å². The Morgan fingerprint density at radius 1 is 1.33 bits per heavy atom. The van der Waals surface area contributed by atoms with Gasteiger partial charge < -0.3 is 10.5 Å². The maximum atomic E-state index is 6.04. The molecule has 0 aliphatic heterocycles. The van der Waals surface area contributed by atoms with Crippen molar-refractivity contribution in [3.05, 3.63) is 35.4 Å². The number of rotatable bonds is 6. The average Bonchev–Trinajstić information content (AvgIpc) is 2.22. The fraction of sp³-hybridized carbons (Fsp3) is 0.538. The van der Waals surface area contributed by atoms with Crippen molar-refractivity contribution in [1.82, 2.24) is 0 Å². The van der Waals surface area contributed by atoms with Crippen LogP contribution >= 0.6 is 0 Å². The van der Waals surface area contributed by atoms with Crippen molar-refractivity contribution in [3.8, 4) is 0 Å². The van der Waals surface area contributed by atoms with E-state index in [9.17, 15) is 0 Å². The highest BCUT2D eigenvalue weighted by atomic mass is 16.5. The van der Waals surface area contributed by atoms with Crippen molar-refractivity contribution in [2.75, 3.05) is 13.2 Å². The third-order valence-electron chi connectivity index (χ3n) is 2.58. The number of hydrogen-bond donors (Lipinski definition) is 1. The van der Waals surface area contributed by atoms with Gasteiger partial charge in [0, 0.05) is 19.3 Å². The molecule has 0 bridgehead atoms. The molecular formula is C13H21NO. The molecule has 0 radical (unpaired) electrons. The molecule has 0 aliphatic carbocycles. The average molecular weight is 207 g/mol. The first kappa shape index (κ1) is 12.2. The molecule has 0 heterocycles. The van der Waals surface area contributed by atoms with E-state index in [0.717, 1.165) is 26.1 Å². The monoisotopic (exact) mass is 207 g/mol. The summed E-state index contributed by atoms with van der Waals surface area (Å²) in [6.45, 7) is 5.68. The minimum absolute atomic E-state index is 0.206. The maximum Gasteiger partial charge on any atom is 0.0480 e. The van der Waals surface area contributed by atoms with Gasteiger partial charge in [-0.1, -0.05) is 24.3 Å². The van der Waals surface area contributed by atoms with Gasteiger partial charge in [-0.2, -0.15) is 0 Å². The zero-order valence-corrected chi connectivity index (χ0v) is 9.70. The Balaban J connectivity index is 2.37. The Labute approximate surface area is 92.4 Å². The maximum absolute atomic E-state index is 6.04. The summed E-state index contributed by atoms with van der Waals surface area (Å²) in [4.78, 5) is 0. The molecule has 0 saturated heterocycles. The fourth-order valence-corrected chi connectivity index (χ4v) is 1.60. The topological polar surface area (TPSA) is 35.2 Å². The highest BCUT2D eigenvalue weighted by Crippen LogP contribution is 2.10. The van der Waals surface area contributed by atoms with E-state index in [1.54, 1.807) is 0 Å². The molecule has 2 nitrogen and oxygen atoms in total. The Hall–Kier alpha value is -0.860. The smallest absolute Gasteiger partial charge is 0.0480 e. The molecule has 15 heavy (non-hydrogen) atoms. The van der Waals surface area contributed by atoms with Gasteiger partial charge in [0.1, 0.15) is 0 Å². The van der Waals surface area contributed by atoms with Crippen molar-refractivity contribution in [1.29, 1.82) is 0 Å². The molecule has 1 aromatic carbocycles. The van der Waals surface area contributed by atoms with E-state index in [-0.39, 0.29) is 6.04 Å². The van der Waals surface area contributed by atoms with Gasteiger partial charge in [0.25, 0.3) is 0 Å². The number of hydrogen-bond acceptors (Lipinski definition) is 2. The highest BCUT2D eigenvalue weighted by Gasteiger charge is 2.05. The number of benzene rings is 1. The minimum Gasteiger partial charge on any atom is -0.382 e. The van der Waals surface area contributed by atoms with Gasteiger partial charge in [0.2, 0.25) is 0 Å². The van der Waals surface area contributed by atoms with Crippen LogP contribution in [0.15, 0.2) is 24.3 Å². The van der Waals surface area contributed by atoms with Crippen molar-refractivity contribution >= 4 is 0 Å². The van der Waals surface area contributed by atoms with Crippen LogP contribution in [0.4, 0.5) is 0 Å². The predicted molar refractivity (Wildman–Crippen MR) is 64.0 cm³/mol. The lowest BCUT2D eigenvalue weighted by atomic mass is 10.0. The zero-order chi connectivity index (χ0) is 11.1. The van der Waals surface area contributed by atoms with E-state index in [1.165, 1.54) is 11.1 Å². The number of ether oxygens (including phenoxy) is 1. The van der Waals surface area contributed by atoms with Crippen LogP contribution in [0.25, 0.3) is 0 Å². The van der Waals surface area contributed by atoms with Crippen molar-refractivity contribution in [2.24, 2.45) is 5.73 Å². The van der Waals surface area contributed by atoms with Crippen LogP contribution in [0, 0.1) is 6.92 Å². The second kappa shape index (κ2) is 6.59. The van der Waals surface area contributed by atoms with Crippen LogP contribution in [0.2, 0.25) is 0 Å². The molecule has 0 aromatic heterocycles. The lowest BCUT2D eigenvalue weighted by Crippen LogP contribution is -2.25. The fourth-order valence-electron chi connectivity index (χ4n) is 1.60. The summed E-state index contributed by atoms with van der Waals surface area (Å²) < 4.78 is 5.29. The Kier molecular flexibility index (Phi) is 5.37. The van der Waals surface area contributed by atoms with Crippen LogP contribution in [0.1, 0.15) is 24.5 Å². The van der Waals surface area contributed by atoms with Gasteiger partial charge in [0.15, 0.2) is 0 Å². The first-order chi connectivity index (χ1) is 7.24. The SMILES string of the molecule is CCOCCC(N)Cc1ccccc1C. The molecule has 2 N–H and O–H groups in total. The molecule has 1 aromatic rings. The van der Waals surface area contributed by atoms with E-state index in [0.29, 0.717) is 0 Å². The molecule has 0 aliphatic rings. The number of nitrogens with two attached hydrogens (primary N) is 1. The van der Waals surface area contributed by atoms with E-state index in [4.69, 9.17) is 10.5 Å². The zero-order valence-electron chi connectivity index (χ0n) is 9.70. The quantitative estimate of drug-likeness (QED) is 0.726. The van der Waals surface area contributed by atoms with Crippen molar-refractivity contribution in [3.63, 3.8) is 0 Å². The van der Waals surface area contributed by atoms with Gasteiger partial charge in [-0.15, -0.1) is 0 Å². The second-order valence-corrected chi connectivity index (χ2v) is 3.88. The van der Waals surface area contributed by atoms with Gasteiger partial charge in [-0.25, -0.2) is 0 Å². The first-order valence-electron chi connectivity index (χ1n) is 5.62. The lowest BCUT2D eigenvalue weighted by Gasteiger charge is -2.13. The van der Waals surface area contributed by atoms with Gasteiger partial charge in [0.05, 0.1) is 0 Å². The van der Waals surface area contributed by atoms with Gasteiger partial charge >= 0.3 is 0 Å². The van der Waals surface area contributed by atoms with E-state index in [1.807, 2.05) is 6.92 Å². The molecule has 1 atom stereocenters. The van der Waals surface area contributed by atoms with Crippen LogP contribution in [0.3, 0.4) is 0 Å². The Morgan fingerprint density at radius 2 is 2.07 bits per heavy atom. The molecule has 1 unspecified atom stereocenters. The Morgan fingerprint density at radius 3 is 2.73 bits per heavy atom. The summed E-state index contributed by atoms with van der Waals surface area (Å²) in [7, 11) is 0. The molecule has 0 spiro atoms. The molecule has 0 amide bonds. The molecule has 2 heteroatoms. The van der Waals surface area contributed by atoms with Gasteiger partial charge in [-0.3, -0.25) is 0 Å². The molecule has 0 fully saturated rings. The van der Waals surface area contributed by atoms with Crippen molar-refractivity contribution in [2.45, 2.75) is 32.7 Å². The van der Waals surface area contributed by atoms with Gasteiger partial charge in [-0.05, 0) is 37.8 Å². The summed E-state index contributed by atoms with van der Waals surface area (Å²) >= 11 is 0. The second-order valence-electron chi connectivity index (χ2n) is 3.88. The van der Waals surface area contributed by atoms with E-state index < -0.39 is 0 Å². The summed E-state index contributed by atoms with van der Waals surface area (Å²) in [5, 5.41) is 0. The van der Waals surface area contributed by atoms with Crippen LogP contribution in [-0.2, 0) is 11.2 Å².